The molecule has 0 aliphatic carbocycles. The van der Waals surface area contributed by atoms with Gasteiger partial charge in [0, 0.05) is 18.9 Å². The summed E-state index contributed by atoms with van der Waals surface area (Å²) in [5.41, 5.74) is 7.69. The minimum absolute atomic E-state index is 0.246. The smallest absolute Gasteiger partial charge is 0.271 e. The van der Waals surface area contributed by atoms with Crippen LogP contribution in [-0.2, 0) is 6.54 Å². The number of nitrogens with one attached hydrogen (secondary N) is 1. The van der Waals surface area contributed by atoms with Crippen LogP contribution in [0.1, 0.15) is 21.6 Å². The van der Waals surface area contributed by atoms with Gasteiger partial charge < -0.3 is 11.1 Å². The molecule has 3 N–H and O–H groups in total. The van der Waals surface area contributed by atoms with Crippen LogP contribution in [0.5, 0.6) is 0 Å². The number of hydrogen-bond acceptors (Lipinski definition) is 5. The molecular formula is C12H13N5O. The first kappa shape index (κ1) is 12.0. The second-order valence-electron chi connectivity index (χ2n) is 3.81. The number of hydrogen-bond donors (Lipinski definition) is 2. The SMILES string of the molecule is Cc1cnccc1CNC(=O)c1cnc(N)cn1. The fraction of sp³-hybridized carbons (Fsp3) is 0.167. The Balaban J connectivity index is 2.01. The summed E-state index contributed by atoms with van der Waals surface area (Å²) >= 11 is 0. The number of rotatable bonds is 3. The molecule has 0 spiro atoms. The van der Waals surface area contributed by atoms with Gasteiger partial charge in [0.25, 0.3) is 5.91 Å². The Hall–Kier alpha value is -2.50. The summed E-state index contributed by atoms with van der Waals surface area (Å²) < 4.78 is 0. The van der Waals surface area contributed by atoms with Crippen molar-refractivity contribution in [2.24, 2.45) is 0 Å². The molecule has 2 aromatic heterocycles. The first-order chi connectivity index (χ1) is 8.66. The second-order valence-corrected chi connectivity index (χ2v) is 3.81. The fourth-order valence-corrected chi connectivity index (χ4v) is 1.42. The van der Waals surface area contributed by atoms with Crippen LogP contribution in [0.4, 0.5) is 5.82 Å². The topological polar surface area (TPSA) is 93.8 Å². The molecule has 0 radical (unpaired) electrons. The molecule has 0 saturated carbocycles. The first-order valence-corrected chi connectivity index (χ1v) is 5.42. The summed E-state index contributed by atoms with van der Waals surface area (Å²) in [4.78, 5) is 23.5. The molecular weight excluding hydrogens is 230 g/mol. The number of nitrogen functional groups attached to an aromatic ring is 1. The summed E-state index contributed by atoms with van der Waals surface area (Å²) in [5, 5.41) is 2.77. The Morgan fingerprint density at radius 3 is 2.83 bits per heavy atom. The summed E-state index contributed by atoms with van der Waals surface area (Å²) in [6.45, 7) is 2.37. The average molecular weight is 243 g/mol. The normalized spacial score (nSPS) is 10.1. The number of carbonyl (C=O) groups excluding carboxylic acids is 1. The number of carbonyl (C=O) groups is 1. The molecule has 6 heteroatoms. The van der Waals surface area contributed by atoms with Crippen LogP contribution in [0, 0.1) is 6.92 Å². The Morgan fingerprint density at radius 1 is 1.33 bits per heavy atom. The van der Waals surface area contributed by atoms with Gasteiger partial charge >= 0.3 is 0 Å². The summed E-state index contributed by atoms with van der Waals surface area (Å²) in [5.74, 6) is 0.00948. The monoisotopic (exact) mass is 243 g/mol. The molecule has 0 aromatic carbocycles. The van der Waals surface area contributed by atoms with E-state index in [0.717, 1.165) is 11.1 Å². The minimum Gasteiger partial charge on any atom is -0.382 e. The van der Waals surface area contributed by atoms with Crippen molar-refractivity contribution in [2.75, 3.05) is 5.73 Å². The Bertz CT molecular complexity index is 553. The van der Waals surface area contributed by atoms with E-state index in [2.05, 4.69) is 20.3 Å². The predicted octanol–water partition coefficient (Wildman–Crippen LogP) is 0.692. The Labute approximate surface area is 104 Å². The van der Waals surface area contributed by atoms with Crippen molar-refractivity contribution in [2.45, 2.75) is 13.5 Å². The van der Waals surface area contributed by atoms with Crippen LogP contribution >= 0.6 is 0 Å². The summed E-state index contributed by atoms with van der Waals surface area (Å²) in [6.07, 6.45) is 6.15. The van der Waals surface area contributed by atoms with Gasteiger partial charge in [-0.1, -0.05) is 0 Å². The number of aromatic nitrogens is 3. The Morgan fingerprint density at radius 2 is 2.17 bits per heavy atom. The third-order valence-corrected chi connectivity index (χ3v) is 2.48. The van der Waals surface area contributed by atoms with Crippen LogP contribution in [0.3, 0.4) is 0 Å². The molecule has 0 aliphatic rings. The molecule has 18 heavy (non-hydrogen) atoms. The summed E-state index contributed by atoms with van der Waals surface area (Å²) in [6, 6.07) is 1.87. The highest BCUT2D eigenvalue weighted by atomic mass is 16.1. The first-order valence-electron chi connectivity index (χ1n) is 5.42. The van der Waals surface area contributed by atoms with Crippen molar-refractivity contribution in [3.05, 3.63) is 47.7 Å². The van der Waals surface area contributed by atoms with E-state index < -0.39 is 0 Å². The van der Waals surface area contributed by atoms with Crippen LogP contribution < -0.4 is 11.1 Å². The zero-order valence-corrected chi connectivity index (χ0v) is 9.92. The van der Waals surface area contributed by atoms with E-state index in [9.17, 15) is 4.79 Å². The molecule has 92 valence electrons. The number of anilines is 1. The third-order valence-electron chi connectivity index (χ3n) is 2.48. The largest absolute Gasteiger partial charge is 0.382 e. The zero-order valence-electron chi connectivity index (χ0n) is 9.92. The standard InChI is InChI=1S/C12H13N5O/c1-8-4-14-3-2-9(8)5-17-12(18)10-6-16-11(13)7-15-10/h2-4,6-7H,5H2,1H3,(H2,13,16)(H,17,18). The van der Waals surface area contributed by atoms with Crippen LogP contribution in [0.2, 0.25) is 0 Å². The fourth-order valence-electron chi connectivity index (χ4n) is 1.42. The van der Waals surface area contributed by atoms with Gasteiger partial charge in [-0.15, -0.1) is 0 Å². The highest BCUT2D eigenvalue weighted by Gasteiger charge is 2.07. The number of amides is 1. The van der Waals surface area contributed by atoms with Gasteiger partial charge in [0.2, 0.25) is 0 Å². The van der Waals surface area contributed by atoms with Crippen LogP contribution in [0.25, 0.3) is 0 Å². The van der Waals surface area contributed by atoms with Crippen LogP contribution in [0.15, 0.2) is 30.9 Å². The van der Waals surface area contributed by atoms with Gasteiger partial charge in [0.15, 0.2) is 0 Å². The molecule has 6 nitrogen and oxygen atoms in total. The van der Waals surface area contributed by atoms with Gasteiger partial charge in [0.05, 0.1) is 12.4 Å². The molecule has 2 rings (SSSR count). The van der Waals surface area contributed by atoms with Gasteiger partial charge in [-0.25, -0.2) is 9.97 Å². The Kier molecular flexibility index (Phi) is 3.47. The maximum absolute atomic E-state index is 11.8. The molecule has 0 bridgehead atoms. The molecule has 0 aliphatic heterocycles. The maximum Gasteiger partial charge on any atom is 0.271 e. The average Bonchev–Trinajstić information content (AvgIpc) is 2.38. The van der Waals surface area contributed by atoms with E-state index >= 15 is 0 Å². The van der Waals surface area contributed by atoms with Gasteiger partial charge in [-0.05, 0) is 24.1 Å². The zero-order chi connectivity index (χ0) is 13.0. The minimum atomic E-state index is -0.279. The van der Waals surface area contributed by atoms with E-state index in [-0.39, 0.29) is 17.4 Å². The van der Waals surface area contributed by atoms with Crippen molar-refractivity contribution in [3.63, 3.8) is 0 Å². The van der Waals surface area contributed by atoms with Crippen molar-refractivity contribution in [1.82, 2.24) is 20.3 Å². The highest BCUT2D eigenvalue weighted by Crippen LogP contribution is 2.04. The quantitative estimate of drug-likeness (QED) is 0.827. The molecule has 0 saturated heterocycles. The molecule has 0 atom stereocenters. The van der Waals surface area contributed by atoms with Crippen LogP contribution in [-0.4, -0.2) is 20.9 Å². The van der Waals surface area contributed by atoms with E-state index in [1.165, 1.54) is 12.4 Å². The predicted molar refractivity (Wildman–Crippen MR) is 66.6 cm³/mol. The van der Waals surface area contributed by atoms with Crippen molar-refractivity contribution >= 4 is 11.7 Å². The molecule has 0 unspecified atom stereocenters. The third kappa shape index (κ3) is 2.79. The molecule has 0 fully saturated rings. The number of pyridine rings is 1. The van der Waals surface area contributed by atoms with Gasteiger partial charge in [-0.2, -0.15) is 0 Å². The van der Waals surface area contributed by atoms with Crippen molar-refractivity contribution in [1.29, 1.82) is 0 Å². The molecule has 2 aromatic rings. The van der Waals surface area contributed by atoms with Gasteiger partial charge in [0.1, 0.15) is 11.5 Å². The lowest BCUT2D eigenvalue weighted by Gasteiger charge is -2.06. The second kappa shape index (κ2) is 5.22. The van der Waals surface area contributed by atoms with E-state index in [1.807, 2.05) is 13.0 Å². The van der Waals surface area contributed by atoms with E-state index in [4.69, 9.17) is 5.73 Å². The van der Waals surface area contributed by atoms with Gasteiger partial charge in [-0.3, -0.25) is 9.78 Å². The number of nitrogens with zero attached hydrogens (tertiary/aromatic N) is 3. The van der Waals surface area contributed by atoms with E-state index in [1.54, 1.807) is 12.4 Å². The van der Waals surface area contributed by atoms with Crippen molar-refractivity contribution < 1.29 is 4.79 Å². The maximum atomic E-state index is 11.8. The molecule has 1 amide bonds. The van der Waals surface area contributed by atoms with E-state index in [0.29, 0.717) is 6.54 Å². The molecule has 2 heterocycles. The summed E-state index contributed by atoms with van der Waals surface area (Å²) in [7, 11) is 0. The lowest BCUT2D eigenvalue weighted by atomic mass is 10.1. The number of nitrogens with two attached hydrogens (primary N) is 1. The lowest BCUT2D eigenvalue weighted by Crippen LogP contribution is -2.24. The number of aryl methyl sites for hydroxylation is 1. The lowest BCUT2D eigenvalue weighted by molar-refractivity contribution is 0.0945. The van der Waals surface area contributed by atoms with Crippen molar-refractivity contribution in [3.8, 4) is 0 Å². The highest BCUT2D eigenvalue weighted by molar-refractivity contribution is 5.91.